The normalized spacial score (nSPS) is 13.6. The first-order chi connectivity index (χ1) is 17.5. The number of likely N-dealkylation sites (tertiary alicyclic amines) is 1. The number of rotatable bonds is 8. The van der Waals surface area contributed by atoms with E-state index in [1.54, 1.807) is 34.5 Å². The molecule has 0 spiro atoms. The SMILES string of the molecule is COC(=O)COc1ccc(NC(=O)c2csc(C3CCN(C(=O)OCc4ccccc4)CC3)n2)cc1. The van der Waals surface area contributed by atoms with Crippen LogP contribution in [0.3, 0.4) is 0 Å². The van der Waals surface area contributed by atoms with Gasteiger partial charge in [-0.05, 0) is 42.7 Å². The highest BCUT2D eigenvalue weighted by Crippen LogP contribution is 2.31. The third kappa shape index (κ3) is 6.82. The monoisotopic (exact) mass is 509 g/mol. The average Bonchev–Trinajstić information content (AvgIpc) is 3.42. The van der Waals surface area contributed by atoms with E-state index in [1.165, 1.54) is 18.4 Å². The molecule has 2 amide bonds. The standard InChI is InChI=1S/C26H27N3O6S/c1-33-23(30)16-34-21-9-7-20(8-10-21)27-24(31)22-17-36-25(28-22)19-11-13-29(14-12-19)26(32)35-15-18-5-3-2-4-6-18/h2-10,17,19H,11-16H2,1H3,(H,27,31). The predicted molar refractivity (Wildman–Crippen MR) is 134 cm³/mol. The van der Waals surface area contributed by atoms with Crippen molar-refractivity contribution >= 4 is 35.0 Å². The molecule has 9 nitrogen and oxygen atoms in total. The van der Waals surface area contributed by atoms with Gasteiger partial charge in [-0.1, -0.05) is 30.3 Å². The molecule has 188 valence electrons. The zero-order valence-corrected chi connectivity index (χ0v) is 20.7. The summed E-state index contributed by atoms with van der Waals surface area (Å²) in [7, 11) is 1.29. The van der Waals surface area contributed by atoms with Crippen LogP contribution in [0.1, 0.15) is 39.8 Å². The number of nitrogens with one attached hydrogen (secondary N) is 1. The van der Waals surface area contributed by atoms with Gasteiger partial charge in [-0.25, -0.2) is 14.6 Å². The molecule has 1 aliphatic heterocycles. The third-order valence-corrected chi connectivity index (χ3v) is 6.77. The molecule has 0 radical (unpaired) electrons. The molecule has 3 aromatic rings. The van der Waals surface area contributed by atoms with E-state index in [1.807, 2.05) is 30.3 Å². The first kappa shape index (κ1) is 25.2. The van der Waals surface area contributed by atoms with Crippen LogP contribution >= 0.6 is 11.3 Å². The fourth-order valence-corrected chi connectivity index (χ4v) is 4.70. The van der Waals surface area contributed by atoms with Gasteiger partial charge in [0.25, 0.3) is 5.91 Å². The number of nitrogens with zero attached hydrogens (tertiary/aromatic N) is 2. The zero-order chi connectivity index (χ0) is 25.3. The Morgan fingerprint density at radius 2 is 1.78 bits per heavy atom. The number of benzene rings is 2. The molecular weight excluding hydrogens is 482 g/mol. The van der Waals surface area contributed by atoms with Crippen molar-refractivity contribution in [3.63, 3.8) is 0 Å². The minimum absolute atomic E-state index is 0.183. The van der Waals surface area contributed by atoms with Crippen molar-refractivity contribution in [2.24, 2.45) is 0 Å². The highest BCUT2D eigenvalue weighted by atomic mass is 32.1. The van der Waals surface area contributed by atoms with Gasteiger partial charge in [-0.3, -0.25) is 4.79 Å². The number of hydrogen-bond acceptors (Lipinski definition) is 8. The Hall–Kier alpha value is -3.92. The van der Waals surface area contributed by atoms with E-state index in [0.717, 1.165) is 23.4 Å². The molecule has 36 heavy (non-hydrogen) atoms. The molecule has 2 heterocycles. The van der Waals surface area contributed by atoms with Gasteiger partial charge in [0.1, 0.15) is 18.1 Å². The van der Waals surface area contributed by atoms with Crippen molar-refractivity contribution in [1.29, 1.82) is 0 Å². The van der Waals surface area contributed by atoms with E-state index in [9.17, 15) is 14.4 Å². The number of carbonyl (C=O) groups is 3. The summed E-state index contributed by atoms with van der Waals surface area (Å²) in [6.07, 6.45) is 1.22. The number of esters is 1. The van der Waals surface area contributed by atoms with Crippen molar-refractivity contribution in [3.8, 4) is 5.75 Å². The van der Waals surface area contributed by atoms with Crippen LogP contribution in [0.2, 0.25) is 0 Å². The molecule has 0 saturated carbocycles. The molecule has 1 aromatic heterocycles. The van der Waals surface area contributed by atoms with Gasteiger partial charge >= 0.3 is 12.1 Å². The summed E-state index contributed by atoms with van der Waals surface area (Å²) in [5.41, 5.74) is 1.89. The van der Waals surface area contributed by atoms with Crippen LogP contribution in [-0.2, 0) is 20.9 Å². The molecule has 0 atom stereocenters. The van der Waals surface area contributed by atoms with Gasteiger partial charge in [0.2, 0.25) is 0 Å². The van der Waals surface area contributed by atoms with Gasteiger partial charge in [-0.15, -0.1) is 11.3 Å². The van der Waals surface area contributed by atoms with E-state index >= 15 is 0 Å². The van der Waals surface area contributed by atoms with Crippen LogP contribution in [0, 0.1) is 0 Å². The molecule has 4 rings (SSSR count). The van der Waals surface area contributed by atoms with Gasteiger partial charge in [0.05, 0.1) is 12.1 Å². The first-order valence-electron chi connectivity index (χ1n) is 11.5. The molecule has 0 bridgehead atoms. The van der Waals surface area contributed by atoms with Crippen molar-refractivity contribution in [2.75, 3.05) is 32.1 Å². The van der Waals surface area contributed by atoms with Gasteiger partial charge in [-0.2, -0.15) is 0 Å². The number of aromatic nitrogens is 1. The van der Waals surface area contributed by atoms with E-state index < -0.39 is 5.97 Å². The number of hydrogen-bond donors (Lipinski definition) is 1. The highest BCUT2D eigenvalue weighted by Gasteiger charge is 2.27. The van der Waals surface area contributed by atoms with Crippen LogP contribution in [0.25, 0.3) is 0 Å². The van der Waals surface area contributed by atoms with Crippen LogP contribution in [0.4, 0.5) is 10.5 Å². The molecule has 1 saturated heterocycles. The largest absolute Gasteiger partial charge is 0.482 e. The topological polar surface area (TPSA) is 107 Å². The van der Waals surface area contributed by atoms with Crippen LogP contribution < -0.4 is 10.1 Å². The summed E-state index contributed by atoms with van der Waals surface area (Å²) in [6, 6.07) is 16.3. The van der Waals surface area contributed by atoms with Gasteiger partial charge in [0, 0.05) is 30.1 Å². The van der Waals surface area contributed by atoms with Crippen LogP contribution in [0.5, 0.6) is 5.75 Å². The summed E-state index contributed by atoms with van der Waals surface area (Å²) in [5.74, 6) is -0.0892. The Morgan fingerprint density at radius 3 is 2.47 bits per heavy atom. The molecule has 0 unspecified atom stereocenters. The van der Waals surface area contributed by atoms with E-state index in [0.29, 0.717) is 30.2 Å². The molecule has 0 aliphatic carbocycles. The maximum atomic E-state index is 12.7. The minimum atomic E-state index is -0.472. The fourth-order valence-electron chi connectivity index (χ4n) is 3.73. The molecule has 2 aromatic carbocycles. The number of carbonyl (C=O) groups excluding carboxylic acids is 3. The van der Waals surface area contributed by atoms with Gasteiger partial charge in [0.15, 0.2) is 6.61 Å². The lowest BCUT2D eigenvalue weighted by atomic mass is 9.98. The number of ether oxygens (including phenoxy) is 3. The van der Waals surface area contributed by atoms with Crippen molar-refractivity contribution in [3.05, 3.63) is 76.2 Å². The highest BCUT2D eigenvalue weighted by molar-refractivity contribution is 7.10. The summed E-state index contributed by atoms with van der Waals surface area (Å²) in [6.45, 7) is 1.25. The smallest absolute Gasteiger partial charge is 0.410 e. The molecule has 1 fully saturated rings. The number of anilines is 1. The predicted octanol–water partition coefficient (Wildman–Crippen LogP) is 4.46. The lowest BCUT2D eigenvalue weighted by Crippen LogP contribution is -2.38. The van der Waals surface area contributed by atoms with Crippen molar-refractivity contribution in [2.45, 2.75) is 25.4 Å². The fraction of sp³-hybridized carbons (Fsp3) is 0.308. The second kappa shape index (κ2) is 12.2. The lowest BCUT2D eigenvalue weighted by Gasteiger charge is -2.30. The Morgan fingerprint density at radius 1 is 1.06 bits per heavy atom. The maximum Gasteiger partial charge on any atom is 0.410 e. The number of amides is 2. The summed E-state index contributed by atoms with van der Waals surface area (Å²) >= 11 is 1.46. The average molecular weight is 510 g/mol. The third-order valence-electron chi connectivity index (χ3n) is 5.76. The summed E-state index contributed by atoms with van der Waals surface area (Å²) < 4.78 is 15.3. The Labute approximate surface area is 213 Å². The van der Waals surface area contributed by atoms with Gasteiger partial charge < -0.3 is 24.4 Å². The van der Waals surface area contributed by atoms with Crippen LogP contribution in [-0.4, -0.2) is 54.7 Å². The zero-order valence-electron chi connectivity index (χ0n) is 19.8. The van der Waals surface area contributed by atoms with E-state index in [-0.39, 0.29) is 31.1 Å². The second-order valence-corrected chi connectivity index (χ2v) is 9.11. The van der Waals surface area contributed by atoms with Crippen LogP contribution in [0.15, 0.2) is 60.0 Å². The van der Waals surface area contributed by atoms with Crippen molar-refractivity contribution < 1.29 is 28.6 Å². The molecule has 1 aliphatic rings. The number of piperidine rings is 1. The Balaban J connectivity index is 1.23. The number of methoxy groups -OCH3 is 1. The minimum Gasteiger partial charge on any atom is -0.482 e. The first-order valence-corrected chi connectivity index (χ1v) is 12.4. The quantitative estimate of drug-likeness (QED) is 0.447. The second-order valence-electron chi connectivity index (χ2n) is 8.22. The maximum absolute atomic E-state index is 12.7. The number of thiazole rings is 1. The summed E-state index contributed by atoms with van der Waals surface area (Å²) in [5, 5.41) is 5.46. The van der Waals surface area contributed by atoms with E-state index in [2.05, 4.69) is 15.0 Å². The molecular formula is C26H27N3O6S. The molecule has 1 N–H and O–H groups in total. The molecule has 10 heteroatoms. The Kier molecular flexibility index (Phi) is 8.51. The van der Waals surface area contributed by atoms with E-state index in [4.69, 9.17) is 9.47 Å². The Bertz CT molecular complexity index is 1170. The lowest BCUT2D eigenvalue weighted by molar-refractivity contribution is -0.142. The summed E-state index contributed by atoms with van der Waals surface area (Å²) in [4.78, 5) is 42.5. The van der Waals surface area contributed by atoms with Crippen molar-refractivity contribution in [1.82, 2.24) is 9.88 Å².